The van der Waals surface area contributed by atoms with E-state index in [0.717, 1.165) is 12.3 Å². The van der Waals surface area contributed by atoms with Gasteiger partial charge in [0.15, 0.2) is 6.20 Å². The van der Waals surface area contributed by atoms with Gasteiger partial charge in [-0.3, -0.25) is 4.55 Å². The molecule has 0 radical (unpaired) electrons. The van der Waals surface area contributed by atoms with Gasteiger partial charge >= 0.3 is 44.7 Å². The second-order valence-corrected chi connectivity index (χ2v) is 3.21. The smallest absolute Gasteiger partial charge is 1.00 e. The molecule has 0 bridgehead atoms. The van der Waals surface area contributed by atoms with Gasteiger partial charge in [0.05, 0.1) is 0 Å². The van der Waals surface area contributed by atoms with Crippen molar-refractivity contribution in [2.75, 3.05) is 0 Å². The first-order chi connectivity index (χ1) is 5.02. The zero-order valence-corrected chi connectivity index (χ0v) is 9.15. The normalized spacial score (nSPS) is 10.4. The molecule has 1 N–H and O–H groups in total. The van der Waals surface area contributed by atoms with Crippen molar-refractivity contribution >= 4 is 10.1 Å². The average molecular weight is 199 g/mol. The summed E-state index contributed by atoms with van der Waals surface area (Å²) in [6.45, 7) is 0. The summed E-state index contributed by atoms with van der Waals surface area (Å²) < 4.78 is 29.3. The van der Waals surface area contributed by atoms with Crippen LogP contribution in [-0.2, 0) is 10.1 Å². The molecule has 0 saturated heterocycles. The topological polar surface area (TPSA) is 81.3 Å². The van der Waals surface area contributed by atoms with Crippen LogP contribution in [-0.4, -0.2) is 13.0 Å². The fraction of sp³-hybridized carbons (Fsp3) is 0. The fourth-order valence-corrected chi connectivity index (χ4v) is 1.15. The first-order valence-electron chi connectivity index (χ1n) is 2.67. The molecule has 0 unspecified atom stereocenters. The predicted molar refractivity (Wildman–Crippen MR) is 36.3 cm³/mol. The minimum Gasteiger partial charge on any atom is -1.00 e. The van der Waals surface area contributed by atoms with Gasteiger partial charge in [0.2, 0.25) is 0 Å². The van der Waals surface area contributed by atoms with E-state index in [9.17, 15) is 13.6 Å². The molecule has 0 aliphatic rings. The van der Waals surface area contributed by atoms with Crippen LogP contribution in [0.15, 0.2) is 29.4 Å². The van der Waals surface area contributed by atoms with Crippen LogP contribution in [0.4, 0.5) is 0 Å². The third-order valence-electron chi connectivity index (χ3n) is 1.05. The van der Waals surface area contributed by atoms with E-state index in [1.165, 1.54) is 12.1 Å². The van der Waals surface area contributed by atoms with E-state index in [2.05, 4.69) is 0 Å². The number of nitrogens with zero attached hydrogens (tertiary/aromatic N) is 1. The maximum absolute atomic E-state index is 10.6. The number of aromatic nitrogens is 1. The minimum atomic E-state index is -4.38. The molecule has 1 aromatic heterocycles. The van der Waals surface area contributed by atoms with Crippen LogP contribution < -0.4 is 34.3 Å². The van der Waals surface area contributed by atoms with Crippen LogP contribution in [0.2, 0.25) is 0 Å². The molecular formula is C5H6NNaO4S. The second kappa shape index (κ2) is 4.20. The van der Waals surface area contributed by atoms with Crippen LogP contribution >= 0.6 is 0 Å². The van der Waals surface area contributed by atoms with Gasteiger partial charge in [-0.2, -0.15) is 13.1 Å². The van der Waals surface area contributed by atoms with E-state index >= 15 is 0 Å². The van der Waals surface area contributed by atoms with Crippen LogP contribution in [0.3, 0.4) is 0 Å². The average Bonchev–Trinajstić information content (AvgIpc) is 1.86. The van der Waals surface area contributed by atoms with Gasteiger partial charge in [-0.25, -0.2) is 0 Å². The Morgan fingerprint density at radius 1 is 1.50 bits per heavy atom. The molecule has 5 nitrogen and oxygen atoms in total. The molecule has 62 valence electrons. The maximum Gasteiger partial charge on any atom is 1.00 e. The molecule has 12 heavy (non-hydrogen) atoms. The van der Waals surface area contributed by atoms with Crippen LogP contribution in [0, 0.1) is 5.21 Å². The molecule has 1 heterocycles. The van der Waals surface area contributed by atoms with E-state index in [4.69, 9.17) is 4.55 Å². The Labute approximate surface area is 93.1 Å². The van der Waals surface area contributed by atoms with Crippen LogP contribution in [0.5, 0.6) is 0 Å². The third kappa shape index (κ3) is 2.72. The standard InChI is InChI=1S/C5H5NO4S.Na.H/c7-6-4-2-1-3-5(6)11(8,9)10;;/h1-4H,(H,8,9,10);;/q;+1;-1. The molecule has 1 aromatic rings. The van der Waals surface area contributed by atoms with Crippen molar-refractivity contribution in [2.24, 2.45) is 0 Å². The molecule has 1 rings (SSSR count). The largest absolute Gasteiger partial charge is 1.00 e. The Morgan fingerprint density at radius 3 is 2.42 bits per heavy atom. The van der Waals surface area contributed by atoms with Crippen molar-refractivity contribution in [1.29, 1.82) is 0 Å². The Kier molecular flexibility index (Phi) is 4.15. The quantitative estimate of drug-likeness (QED) is 0.222. The Hall–Kier alpha value is -0.140. The molecule has 0 aliphatic heterocycles. The first kappa shape index (κ1) is 11.9. The van der Waals surface area contributed by atoms with E-state index in [1.54, 1.807) is 0 Å². The zero-order valence-electron chi connectivity index (χ0n) is 7.34. The predicted octanol–water partition coefficient (Wildman–Crippen LogP) is -3.32. The van der Waals surface area contributed by atoms with Gasteiger partial charge in [-0.1, -0.05) is 0 Å². The van der Waals surface area contributed by atoms with Crippen molar-refractivity contribution in [2.45, 2.75) is 5.03 Å². The molecule has 0 aromatic carbocycles. The van der Waals surface area contributed by atoms with Crippen LogP contribution in [0.1, 0.15) is 1.43 Å². The molecule has 0 saturated carbocycles. The van der Waals surface area contributed by atoms with Gasteiger partial charge in [0, 0.05) is 12.1 Å². The summed E-state index contributed by atoms with van der Waals surface area (Å²) in [4.78, 5) is 0. The molecule has 0 fully saturated rings. The minimum absolute atomic E-state index is 0. The fourth-order valence-electron chi connectivity index (χ4n) is 0.612. The molecule has 7 heteroatoms. The van der Waals surface area contributed by atoms with E-state index in [0.29, 0.717) is 0 Å². The summed E-state index contributed by atoms with van der Waals surface area (Å²) in [6.07, 6.45) is 0.989. The monoisotopic (exact) mass is 199 g/mol. The molecular weight excluding hydrogens is 193 g/mol. The van der Waals surface area contributed by atoms with E-state index < -0.39 is 15.1 Å². The van der Waals surface area contributed by atoms with Crippen molar-refractivity contribution in [3.05, 3.63) is 29.6 Å². The van der Waals surface area contributed by atoms with Crippen LogP contribution in [0.25, 0.3) is 0 Å². The summed E-state index contributed by atoms with van der Waals surface area (Å²) in [6, 6.07) is 3.72. The SMILES string of the molecule is O=S(=O)(O)c1cccc[n+]1[O-].[H-].[Na+]. The van der Waals surface area contributed by atoms with Crippen molar-refractivity contribution < 1.29 is 48.7 Å². The number of hydrogen-bond donors (Lipinski definition) is 1. The number of hydrogen-bond acceptors (Lipinski definition) is 3. The summed E-state index contributed by atoms with van der Waals surface area (Å²) in [7, 11) is -4.38. The van der Waals surface area contributed by atoms with E-state index in [1.807, 2.05) is 0 Å². The van der Waals surface area contributed by atoms with Gasteiger partial charge in [-0.05, 0) is 6.07 Å². The van der Waals surface area contributed by atoms with Crippen molar-refractivity contribution in [3.63, 3.8) is 0 Å². The molecule has 0 aliphatic carbocycles. The van der Waals surface area contributed by atoms with Gasteiger partial charge in [0.25, 0.3) is 0 Å². The molecule has 0 atom stereocenters. The summed E-state index contributed by atoms with van der Waals surface area (Å²) in [5, 5.41) is 9.98. The number of pyridine rings is 1. The van der Waals surface area contributed by atoms with Crippen molar-refractivity contribution in [1.82, 2.24) is 0 Å². The van der Waals surface area contributed by atoms with Gasteiger partial charge in [0.1, 0.15) is 0 Å². The second-order valence-electron chi connectivity index (χ2n) is 1.84. The first-order valence-corrected chi connectivity index (χ1v) is 4.11. The Balaban J connectivity index is 0. The summed E-state index contributed by atoms with van der Waals surface area (Å²) >= 11 is 0. The van der Waals surface area contributed by atoms with E-state index in [-0.39, 0.29) is 35.7 Å². The Bertz CT molecular complexity index is 369. The maximum atomic E-state index is 10.6. The van der Waals surface area contributed by atoms with Gasteiger partial charge < -0.3 is 6.63 Å². The number of rotatable bonds is 1. The third-order valence-corrected chi connectivity index (χ3v) is 1.90. The Morgan fingerprint density at radius 2 is 2.08 bits per heavy atom. The van der Waals surface area contributed by atoms with Gasteiger partial charge in [-0.15, -0.1) is 0 Å². The molecule has 0 amide bonds. The zero-order chi connectivity index (χ0) is 8.48. The summed E-state index contributed by atoms with van der Waals surface area (Å²) in [5.41, 5.74) is 0. The van der Waals surface area contributed by atoms with Crippen molar-refractivity contribution in [3.8, 4) is 0 Å². The summed E-state index contributed by atoms with van der Waals surface area (Å²) in [5.74, 6) is 0. The molecule has 0 spiro atoms.